The van der Waals surface area contributed by atoms with Crippen molar-refractivity contribution >= 4 is 11.6 Å². The summed E-state index contributed by atoms with van der Waals surface area (Å²) in [6.45, 7) is 4.22. The molecule has 1 saturated carbocycles. The molecule has 0 saturated heterocycles. The van der Waals surface area contributed by atoms with Gasteiger partial charge in [-0.2, -0.15) is 0 Å². The number of aromatic nitrogens is 2. The molecule has 0 aliphatic heterocycles. The van der Waals surface area contributed by atoms with Crippen LogP contribution in [0.15, 0.2) is 6.07 Å². The van der Waals surface area contributed by atoms with E-state index in [0.29, 0.717) is 5.15 Å². The number of aryl methyl sites for hydroxylation is 1. The molecule has 1 heterocycles. The van der Waals surface area contributed by atoms with Gasteiger partial charge in [0.1, 0.15) is 10.8 Å². The smallest absolute Gasteiger partial charge is 0.162 e. The minimum absolute atomic E-state index is 0.331. The molecule has 0 unspecified atom stereocenters. The van der Waals surface area contributed by atoms with Crippen LogP contribution in [-0.4, -0.2) is 17.1 Å². The van der Waals surface area contributed by atoms with E-state index in [9.17, 15) is 0 Å². The second-order valence-corrected chi connectivity index (χ2v) is 5.42. The average Bonchev–Trinajstić information content (AvgIpc) is 2.29. The molecule has 0 atom stereocenters. The van der Waals surface area contributed by atoms with Crippen molar-refractivity contribution in [1.29, 1.82) is 0 Å². The van der Waals surface area contributed by atoms with Gasteiger partial charge in [0.2, 0.25) is 0 Å². The first-order valence-corrected chi connectivity index (χ1v) is 6.50. The van der Waals surface area contributed by atoms with Gasteiger partial charge in [0, 0.05) is 12.8 Å². The standard InChI is InChI=1S/C13H19ClN2O/c1-9-4-6-13(17-3,7-5-9)12-15-10(2)8-11(14)16-12/h8-9H,4-7H2,1-3H3. The highest BCUT2D eigenvalue weighted by atomic mass is 35.5. The lowest BCUT2D eigenvalue weighted by Crippen LogP contribution is -2.35. The number of nitrogens with zero attached hydrogens (tertiary/aromatic N) is 2. The highest BCUT2D eigenvalue weighted by molar-refractivity contribution is 6.29. The van der Waals surface area contributed by atoms with Gasteiger partial charge in [0.15, 0.2) is 5.82 Å². The second kappa shape index (κ2) is 4.91. The van der Waals surface area contributed by atoms with Crippen molar-refractivity contribution in [1.82, 2.24) is 9.97 Å². The monoisotopic (exact) mass is 254 g/mol. The fourth-order valence-electron chi connectivity index (χ4n) is 2.48. The number of hydrogen-bond donors (Lipinski definition) is 0. The molecule has 4 heteroatoms. The molecule has 1 aliphatic rings. The molecule has 1 aliphatic carbocycles. The van der Waals surface area contributed by atoms with Gasteiger partial charge >= 0.3 is 0 Å². The molecule has 94 valence electrons. The van der Waals surface area contributed by atoms with Gasteiger partial charge in [-0.1, -0.05) is 18.5 Å². The Balaban J connectivity index is 2.34. The predicted molar refractivity (Wildman–Crippen MR) is 68.1 cm³/mol. The van der Waals surface area contributed by atoms with Crippen LogP contribution in [0.25, 0.3) is 0 Å². The normalized spacial score (nSPS) is 29.3. The summed E-state index contributed by atoms with van der Waals surface area (Å²) in [5, 5.41) is 0.502. The van der Waals surface area contributed by atoms with E-state index >= 15 is 0 Å². The van der Waals surface area contributed by atoms with Crippen LogP contribution in [0.5, 0.6) is 0 Å². The van der Waals surface area contributed by atoms with Crippen LogP contribution >= 0.6 is 11.6 Å². The summed E-state index contributed by atoms with van der Waals surface area (Å²) >= 11 is 6.01. The molecule has 1 fully saturated rings. The average molecular weight is 255 g/mol. The van der Waals surface area contributed by atoms with Crippen molar-refractivity contribution in [2.75, 3.05) is 7.11 Å². The zero-order valence-electron chi connectivity index (χ0n) is 10.7. The van der Waals surface area contributed by atoms with Gasteiger partial charge in [0.05, 0.1) is 0 Å². The van der Waals surface area contributed by atoms with Crippen molar-refractivity contribution in [2.45, 2.75) is 45.1 Å². The molecule has 3 nitrogen and oxygen atoms in total. The van der Waals surface area contributed by atoms with Gasteiger partial charge in [-0.25, -0.2) is 9.97 Å². The van der Waals surface area contributed by atoms with Crippen LogP contribution in [0.2, 0.25) is 5.15 Å². The highest BCUT2D eigenvalue weighted by Gasteiger charge is 2.38. The lowest BCUT2D eigenvalue weighted by atomic mass is 9.79. The third-order valence-corrected chi connectivity index (χ3v) is 3.90. The van der Waals surface area contributed by atoms with E-state index < -0.39 is 0 Å². The molecule has 0 N–H and O–H groups in total. The molecule has 0 bridgehead atoms. The molecule has 17 heavy (non-hydrogen) atoms. The number of halogens is 1. The first-order chi connectivity index (χ1) is 8.05. The van der Waals surface area contributed by atoms with Crippen molar-refractivity contribution in [3.05, 3.63) is 22.7 Å². The van der Waals surface area contributed by atoms with Crippen molar-refractivity contribution in [3.8, 4) is 0 Å². The van der Waals surface area contributed by atoms with Crippen molar-refractivity contribution in [3.63, 3.8) is 0 Å². The van der Waals surface area contributed by atoms with Crippen LogP contribution in [0.1, 0.15) is 44.1 Å². The zero-order chi connectivity index (χ0) is 12.5. The predicted octanol–water partition coefficient (Wildman–Crippen LogP) is 3.49. The van der Waals surface area contributed by atoms with E-state index in [0.717, 1.165) is 43.1 Å². The maximum absolute atomic E-state index is 6.01. The Morgan fingerprint density at radius 1 is 1.35 bits per heavy atom. The molecule has 0 spiro atoms. The number of rotatable bonds is 2. The summed E-state index contributed by atoms with van der Waals surface area (Å²) in [5.74, 6) is 1.51. The van der Waals surface area contributed by atoms with E-state index in [-0.39, 0.29) is 5.60 Å². The Hall–Kier alpha value is -0.670. The number of methoxy groups -OCH3 is 1. The van der Waals surface area contributed by atoms with E-state index in [2.05, 4.69) is 16.9 Å². The van der Waals surface area contributed by atoms with Crippen molar-refractivity contribution < 1.29 is 4.74 Å². The Bertz CT molecular complexity index is 380. The maximum atomic E-state index is 6.01. The minimum atomic E-state index is -0.331. The van der Waals surface area contributed by atoms with Gasteiger partial charge in [-0.3, -0.25) is 0 Å². The third-order valence-electron chi connectivity index (χ3n) is 3.70. The number of ether oxygens (including phenoxy) is 1. The summed E-state index contributed by atoms with van der Waals surface area (Å²) in [7, 11) is 1.75. The van der Waals surface area contributed by atoms with Crippen LogP contribution in [-0.2, 0) is 10.3 Å². The summed E-state index contributed by atoms with van der Waals surface area (Å²) in [4.78, 5) is 8.86. The van der Waals surface area contributed by atoms with Crippen LogP contribution in [0.4, 0.5) is 0 Å². The molecular weight excluding hydrogens is 236 g/mol. The largest absolute Gasteiger partial charge is 0.370 e. The Morgan fingerprint density at radius 3 is 2.53 bits per heavy atom. The number of hydrogen-bond acceptors (Lipinski definition) is 3. The van der Waals surface area contributed by atoms with Gasteiger partial charge < -0.3 is 4.74 Å². The quantitative estimate of drug-likeness (QED) is 0.758. The van der Waals surface area contributed by atoms with E-state index in [1.165, 1.54) is 0 Å². The first kappa shape index (κ1) is 12.8. The van der Waals surface area contributed by atoms with E-state index in [1.807, 2.05) is 6.92 Å². The van der Waals surface area contributed by atoms with Crippen LogP contribution in [0.3, 0.4) is 0 Å². The van der Waals surface area contributed by atoms with Crippen molar-refractivity contribution in [2.24, 2.45) is 5.92 Å². The van der Waals surface area contributed by atoms with Crippen LogP contribution < -0.4 is 0 Å². The first-order valence-electron chi connectivity index (χ1n) is 6.12. The van der Waals surface area contributed by atoms with Gasteiger partial charge in [-0.05, 0) is 44.6 Å². The molecule has 1 aromatic rings. The fraction of sp³-hybridized carbons (Fsp3) is 0.692. The maximum Gasteiger partial charge on any atom is 0.162 e. The molecule has 0 amide bonds. The van der Waals surface area contributed by atoms with Crippen LogP contribution in [0, 0.1) is 12.8 Å². The lowest BCUT2D eigenvalue weighted by Gasteiger charge is -2.37. The molecule has 2 rings (SSSR count). The molecular formula is C13H19ClN2O. The summed E-state index contributed by atoms with van der Waals surface area (Å²) < 4.78 is 5.74. The highest BCUT2D eigenvalue weighted by Crippen LogP contribution is 2.40. The topological polar surface area (TPSA) is 35.0 Å². The summed E-state index contributed by atoms with van der Waals surface area (Å²) in [6.07, 6.45) is 4.26. The van der Waals surface area contributed by atoms with Gasteiger partial charge in [-0.15, -0.1) is 0 Å². The third kappa shape index (κ3) is 2.61. The van der Waals surface area contributed by atoms with E-state index in [1.54, 1.807) is 13.2 Å². The van der Waals surface area contributed by atoms with E-state index in [4.69, 9.17) is 16.3 Å². The molecule has 0 aromatic carbocycles. The minimum Gasteiger partial charge on any atom is -0.370 e. The Labute approximate surface area is 108 Å². The molecule has 0 radical (unpaired) electrons. The summed E-state index contributed by atoms with van der Waals surface area (Å²) in [6, 6.07) is 1.78. The Kier molecular flexibility index (Phi) is 3.69. The zero-order valence-corrected chi connectivity index (χ0v) is 11.4. The Morgan fingerprint density at radius 2 is 2.00 bits per heavy atom. The second-order valence-electron chi connectivity index (χ2n) is 5.04. The SMILES string of the molecule is COC1(c2nc(C)cc(Cl)n2)CCC(C)CC1. The lowest BCUT2D eigenvalue weighted by molar-refractivity contribution is -0.0598. The summed E-state index contributed by atoms with van der Waals surface area (Å²) in [5.41, 5.74) is 0.567. The fourth-order valence-corrected chi connectivity index (χ4v) is 2.72. The molecule has 1 aromatic heterocycles. The van der Waals surface area contributed by atoms with Gasteiger partial charge in [0.25, 0.3) is 0 Å².